The van der Waals surface area contributed by atoms with Crippen molar-refractivity contribution in [3.8, 4) is 11.1 Å². The van der Waals surface area contributed by atoms with Crippen molar-refractivity contribution >= 4 is 34.1 Å². The predicted octanol–water partition coefficient (Wildman–Crippen LogP) is 5.84. The van der Waals surface area contributed by atoms with Crippen LogP contribution in [0.4, 0.5) is 0 Å². The highest BCUT2D eigenvalue weighted by atomic mass is 35.5. The maximum Gasteiger partial charge on any atom is 0.139 e. The molecule has 2 unspecified atom stereocenters. The third kappa shape index (κ3) is 3.67. The second-order valence-corrected chi connectivity index (χ2v) is 8.98. The van der Waals surface area contributed by atoms with Crippen LogP contribution in [0.25, 0.3) is 22.0 Å². The number of nitrogens with one attached hydrogen (secondary N) is 1. The van der Waals surface area contributed by atoms with Crippen molar-refractivity contribution in [1.82, 2.24) is 15.3 Å². The second-order valence-electron chi connectivity index (χ2n) is 8.24. The van der Waals surface area contributed by atoms with Crippen LogP contribution in [0.3, 0.4) is 0 Å². The average molecular weight is 464 g/mol. The van der Waals surface area contributed by atoms with Crippen molar-refractivity contribution in [3.63, 3.8) is 0 Å². The van der Waals surface area contributed by atoms with E-state index < -0.39 is 5.60 Å². The van der Waals surface area contributed by atoms with Gasteiger partial charge in [-0.25, -0.2) is 4.98 Å². The first-order chi connectivity index (χ1) is 15.6. The van der Waals surface area contributed by atoms with Crippen molar-refractivity contribution in [1.29, 1.82) is 0 Å². The first kappa shape index (κ1) is 21.4. The van der Waals surface area contributed by atoms with Gasteiger partial charge in [0.25, 0.3) is 0 Å². The smallest absolute Gasteiger partial charge is 0.139 e. The molecular weight excluding hydrogens is 441 g/mol. The number of pyridine rings is 2. The van der Waals surface area contributed by atoms with Crippen molar-refractivity contribution in [2.24, 2.45) is 5.92 Å². The third-order valence-corrected chi connectivity index (χ3v) is 7.04. The van der Waals surface area contributed by atoms with Gasteiger partial charge < -0.3 is 10.4 Å². The summed E-state index contributed by atoms with van der Waals surface area (Å²) >= 11 is 13.4. The summed E-state index contributed by atoms with van der Waals surface area (Å²) in [4.78, 5) is 8.88. The summed E-state index contributed by atoms with van der Waals surface area (Å²) in [5.74, 6) is 0.00512. The Bertz CT molecular complexity index is 1240. The molecule has 3 heterocycles. The molecule has 2 N–H and O–H groups in total. The fourth-order valence-electron chi connectivity index (χ4n) is 4.72. The highest BCUT2D eigenvalue weighted by Crippen LogP contribution is 2.43. The van der Waals surface area contributed by atoms with Gasteiger partial charge in [-0.2, -0.15) is 0 Å². The minimum Gasteiger partial charge on any atom is -0.380 e. The number of piperidine rings is 1. The number of aromatic nitrogens is 2. The average Bonchev–Trinajstić information content (AvgIpc) is 2.85. The number of aliphatic hydroxyl groups is 1. The monoisotopic (exact) mass is 463 g/mol. The van der Waals surface area contributed by atoms with Crippen molar-refractivity contribution in [2.45, 2.75) is 18.4 Å². The van der Waals surface area contributed by atoms with E-state index in [1.165, 1.54) is 0 Å². The molecule has 4 nitrogen and oxygen atoms in total. The molecular formula is C26H23Cl2N3O. The summed E-state index contributed by atoms with van der Waals surface area (Å²) in [6.07, 6.45) is 5.39. The largest absolute Gasteiger partial charge is 0.380 e. The molecule has 5 rings (SSSR count). The van der Waals surface area contributed by atoms with E-state index in [0.717, 1.165) is 48.0 Å². The van der Waals surface area contributed by atoms with E-state index in [9.17, 15) is 5.11 Å². The van der Waals surface area contributed by atoms with E-state index in [0.29, 0.717) is 21.3 Å². The second kappa shape index (κ2) is 8.80. The lowest BCUT2D eigenvalue weighted by Gasteiger charge is -2.39. The quantitative estimate of drug-likeness (QED) is 0.373. The van der Waals surface area contributed by atoms with Gasteiger partial charge in [0.1, 0.15) is 10.8 Å². The molecule has 2 atom stereocenters. The molecule has 1 saturated heterocycles. The van der Waals surface area contributed by atoms with Gasteiger partial charge in [-0.1, -0.05) is 65.7 Å². The van der Waals surface area contributed by atoms with E-state index in [1.54, 1.807) is 12.4 Å². The number of hydrogen-bond donors (Lipinski definition) is 2. The lowest BCUT2D eigenvalue weighted by atomic mass is 9.73. The molecule has 0 aliphatic carbocycles. The van der Waals surface area contributed by atoms with E-state index >= 15 is 0 Å². The standard InChI is InChI=1S/C26H23Cl2N3O/c27-24-21-14-18(10-11-22(21)31-25(28)23(24)17-6-2-1-3-7-17)26(32,19-8-4-12-29-15-19)20-9-5-13-30-16-20/h1-4,6-8,10-12,14-15,20,30,32H,5,9,13,16H2. The first-order valence-electron chi connectivity index (χ1n) is 10.8. The Hall–Kier alpha value is -2.50. The summed E-state index contributed by atoms with van der Waals surface area (Å²) in [6, 6.07) is 19.3. The third-order valence-electron chi connectivity index (χ3n) is 6.37. The fraction of sp³-hybridized carbons (Fsp3) is 0.231. The number of nitrogens with zero attached hydrogens (tertiary/aromatic N) is 2. The Morgan fingerprint density at radius 2 is 1.84 bits per heavy atom. The molecule has 0 bridgehead atoms. The van der Waals surface area contributed by atoms with Crippen LogP contribution in [-0.2, 0) is 5.60 Å². The molecule has 2 aromatic carbocycles. The molecule has 1 aliphatic heterocycles. The summed E-state index contributed by atoms with van der Waals surface area (Å²) in [6.45, 7) is 1.69. The van der Waals surface area contributed by atoms with Crippen LogP contribution in [0.5, 0.6) is 0 Å². The first-order valence-corrected chi connectivity index (χ1v) is 11.5. The van der Waals surface area contributed by atoms with Crippen LogP contribution in [-0.4, -0.2) is 28.2 Å². The van der Waals surface area contributed by atoms with Gasteiger partial charge in [0.2, 0.25) is 0 Å². The highest BCUT2D eigenvalue weighted by Gasteiger charge is 2.41. The van der Waals surface area contributed by atoms with E-state index in [4.69, 9.17) is 23.2 Å². The van der Waals surface area contributed by atoms with Crippen molar-refractivity contribution < 1.29 is 5.11 Å². The normalized spacial score (nSPS) is 18.4. The topological polar surface area (TPSA) is 58.0 Å². The van der Waals surface area contributed by atoms with Crippen LogP contribution in [0.15, 0.2) is 73.1 Å². The SMILES string of the molecule is OC(c1cccnc1)(c1ccc2nc(Cl)c(-c3ccccc3)c(Cl)c2c1)C1CCCNC1. The van der Waals surface area contributed by atoms with Crippen LogP contribution in [0.1, 0.15) is 24.0 Å². The lowest BCUT2D eigenvalue weighted by Crippen LogP contribution is -2.45. The Labute approximate surface area is 197 Å². The molecule has 1 fully saturated rings. The van der Waals surface area contributed by atoms with Crippen LogP contribution >= 0.6 is 23.2 Å². The Balaban J connectivity index is 1.71. The summed E-state index contributed by atoms with van der Waals surface area (Å²) in [5.41, 5.74) is 2.64. The molecule has 0 spiro atoms. The lowest BCUT2D eigenvalue weighted by molar-refractivity contribution is 0.00523. The molecule has 2 aromatic heterocycles. The van der Waals surface area contributed by atoms with Gasteiger partial charge in [-0.15, -0.1) is 0 Å². The van der Waals surface area contributed by atoms with E-state index in [1.807, 2.05) is 60.7 Å². The summed E-state index contributed by atoms with van der Waals surface area (Å²) in [5, 5.41) is 17.3. The Morgan fingerprint density at radius 1 is 1.00 bits per heavy atom. The zero-order valence-electron chi connectivity index (χ0n) is 17.4. The van der Waals surface area contributed by atoms with Crippen molar-refractivity contribution in [3.05, 3.63) is 94.4 Å². The molecule has 4 aromatic rings. The molecule has 0 radical (unpaired) electrons. The van der Waals surface area contributed by atoms with Gasteiger partial charge in [0.15, 0.2) is 0 Å². The minimum atomic E-state index is -1.20. The Morgan fingerprint density at radius 3 is 2.56 bits per heavy atom. The zero-order valence-corrected chi connectivity index (χ0v) is 18.9. The molecule has 0 amide bonds. The van der Waals surface area contributed by atoms with Crippen molar-refractivity contribution in [2.75, 3.05) is 13.1 Å². The number of hydrogen-bond acceptors (Lipinski definition) is 4. The minimum absolute atomic E-state index is 0.00512. The fourth-order valence-corrected chi connectivity index (χ4v) is 5.41. The number of halogens is 2. The van der Waals surface area contributed by atoms with Gasteiger partial charge in [0.05, 0.1) is 10.5 Å². The Kier molecular flexibility index (Phi) is 5.87. The molecule has 1 aliphatic rings. The molecule has 0 saturated carbocycles. The number of rotatable bonds is 4. The molecule has 32 heavy (non-hydrogen) atoms. The highest BCUT2D eigenvalue weighted by molar-refractivity contribution is 6.42. The van der Waals surface area contributed by atoms with Crippen LogP contribution in [0.2, 0.25) is 10.2 Å². The molecule has 6 heteroatoms. The zero-order chi connectivity index (χ0) is 22.1. The van der Waals surface area contributed by atoms with Crippen LogP contribution < -0.4 is 5.32 Å². The van der Waals surface area contributed by atoms with Gasteiger partial charge in [0, 0.05) is 41.4 Å². The van der Waals surface area contributed by atoms with Crippen LogP contribution in [0, 0.1) is 5.92 Å². The maximum absolute atomic E-state index is 12.2. The predicted molar refractivity (Wildman–Crippen MR) is 130 cm³/mol. The number of benzene rings is 2. The van der Waals surface area contributed by atoms with E-state index in [-0.39, 0.29) is 5.92 Å². The van der Waals surface area contributed by atoms with Gasteiger partial charge in [-0.05, 0) is 48.7 Å². The summed E-state index contributed by atoms with van der Waals surface area (Å²) in [7, 11) is 0. The number of fused-ring (bicyclic) bond motifs is 1. The maximum atomic E-state index is 12.2. The van der Waals surface area contributed by atoms with Gasteiger partial charge in [-0.3, -0.25) is 4.98 Å². The molecule has 162 valence electrons. The summed E-state index contributed by atoms with van der Waals surface area (Å²) < 4.78 is 0. The van der Waals surface area contributed by atoms with E-state index in [2.05, 4.69) is 15.3 Å². The van der Waals surface area contributed by atoms with Gasteiger partial charge >= 0.3 is 0 Å².